The number of imidazole rings is 1. The van der Waals surface area contributed by atoms with Crippen molar-refractivity contribution in [3.05, 3.63) is 95.9 Å². The molecule has 8 rings (SSSR count). The van der Waals surface area contributed by atoms with Crippen LogP contribution in [0.5, 0.6) is 5.75 Å². The highest BCUT2D eigenvalue weighted by molar-refractivity contribution is 6.04. The number of hydrogen-bond donors (Lipinski definition) is 3. The number of aromatic nitrogens is 4. The minimum absolute atomic E-state index is 0.0346. The third-order valence-corrected chi connectivity index (χ3v) is 12.2. The number of likely N-dealkylation sites (tertiary alicyclic amines) is 1. The Morgan fingerprint density at radius 1 is 0.909 bits per heavy atom. The van der Waals surface area contributed by atoms with Crippen molar-refractivity contribution in [1.29, 1.82) is 0 Å². The van der Waals surface area contributed by atoms with E-state index in [9.17, 15) is 19.2 Å². The number of carbonyl (C=O) groups is 4. The molecule has 6 heterocycles. The zero-order valence-electron chi connectivity index (χ0n) is 37.7. The molecule has 0 bridgehead atoms. The second-order valence-electron chi connectivity index (χ2n) is 18.1. The van der Waals surface area contributed by atoms with Crippen LogP contribution in [0.3, 0.4) is 0 Å². The fourth-order valence-electron chi connectivity index (χ4n) is 8.93. The lowest BCUT2D eigenvalue weighted by atomic mass is 9.72. The van der Waals surface area contributed by atoms with Gasteiger partial charge in [-0.05, 0) is 93.5 Å². The molecule has 5 N–H and O–H groups in total. The molecule has 0 saturated carbocycles. The Morgan fingerprint density at radius 3 is 2.36 bits per heavy atom. The number of piperidine rings is 1. The summed E-state index contributed by atoms with van der Waals surface area (Å²) >= 11 is 0. The van der Waals surface area contributed by atoms with Crippen LogP contribution < -0.4 is 26.4 Å². The SMILES string of the molecule is CC(C)(C)OC(=O)CCC(C(N)=O)N1Cc2cc(OCCOCCOCCN3CC4(CCN(c5nc(-c6ccc(C(=O)Nc7ccccn7)cc6)c6c(N)nccn56)CC4)C3)ccc2C1=O. The number of nitrogens with zero attached hydrogens (tertiary/aromatic N) is 7. The predicted octanol–water partition coefficient (Wildman–Crippen LogP) is 4.57. The molecule has 1 unspecified atom stereocenters. The molecule has 2 fully saturated rings. The number of amides is 3. The minimum atomic E-state index is -0.935. The van der Waals surface area contributed by atoms with Crippen molar-refractivity contribution in [2.75, 3.05) is 81.7 Å². The second kappa shape index (κ2) is 19.9. The molecule has 3 amide bonds. The molecule has 2 aromatic carbocycles. The Morgan fingerprint density at radius 2 is 1.65 bits per heavy atom. The lowest BCUT2D eigenvalue weighted by molar-refractivity contribution is -0.155. The molecule has 348 valence electrons. The van der Waals surface area contributed by atoms with Gasteiger partial charge in [-0.25, -0.2) is 15.0 Å². The lowest BCUT2D eigenvalue weighted by Gasteiger charge is -2.54. The van der Waals surface area contributed by atoms with E-state index in [0.717, 1.165) is 73.9 Å². The summed E-state index contributed by atoms with van der Waals surface area (Å²) in [7, 11) is 0. The van der Waals surface area contributed by atoms with Crippen LogP contribution in [0, 0.1) is 5.41 Å². The Balaban J connectivity index is 0.719. The van der Waals surface area contributed by atoms with Gasteiger partial charge in [0.1, 0.15) is 46.8 Å². The van der Waals surface area contributed by atoms with Gasteiger partial charge in [0.2, 0.25) is 11.9 Å². The number of nitrogen functional groups attached to an aromatic ring is 1. The summed E-state index contributed by atoms with van der Waals surface area (Å²) in [5.41, 5.74) is 15.7. The highest BCUT2D eigenvalue weighted by Gasteiger charge is 2.45. The molecule has 0 radical (unpaired) electrons. The number of hydrogen-bond acceptors (Lipinski definition) is 14. The number of benzene rings is 2. The molecule has 3 aliphatic heterocycles. The number of nitrogens with two attached hydrogens (primary N) is 2. The zero-order chi connectivity index (χ0) is 46.4. The highest BCUT2D eigenvalue weighted by Crippen LogP contribution is 2.42. The largest absolute Gasteiger partial charge is 0.491 e. The van der Waals surface area contributed by atoms with E-state index in [1.54, 1.807) is 75.6 Å². The van der Waals surface area contributed by atoms with Gasteiger partial charge in [0.25, 0.3) is 11.8 Å². The smallest absolute Gasteiger partial charge is 0.306 e. The number of anilines is 3. The number of pyridine rings is 1. The third kappa shape index (κ3) is 10.7. The van der Waals surface area contributed by atoms with E-state index < -0.39 is 23.5 Å². The van der Waals surface area contributed by atoms with E-state index >= 15 is 0 Å². The Bertz CT molecular complexity index is 2530. The number of carbonyl (C=O) groups excluding carboxylic acids is 4. The number of primary amides is 1. The summed E-state index contributed by atoms with van der Waals surface area (Å²) in [6.45, 7) is 12.4. The standard InChI is InChI=1S/C48H58N10O8/c1-47(2,3)66-39(59)14-13-37(43(50)60)58-29-34-28-35(11-12-36(34)45(58)62)65-27-26-64-25-24-63-23-22-55-30-48(31-55)15-19-56(20-16-48)46-54-40(41-42(49)52-18-21-57(41)46)32-7-9-33(10-8-32)44(61)53-38-6-4-5-17-51-38/h4-12,17-18,21,28,37H,13-16,19-20,22-27,29-31H2,1-3H3,(H2,49,52)(H2,50,60)(H,51,53,61). The van der Waals surface area contributed by atoms with Crippen molar-refractivity contribution in [2.24, 2.45) is 11.1 Å². The van der Waals surface area contributed by atoms with Crippen molar-refractivity contribution in [1.82, 2.24) is 29.2 Å². The van der Waals surface area contributed by atoms with Crippen molar-refractivity contribution < 1.29 is 38.1 Å². The summed E-state index contributed by atoms with van der Waals surface area (Å²) in [5.74, 6) is 0.618. The Hall–Kier alpha value is -6.63. The van der Waals surface area contributed by atoms with Gasteiger partial charge in [0.15, 0.2) is 0 Å². The minimum Gasteiger partial charge on any atom is -0.491 e. The molecule has 2 saturated heterocycles. The van der Waals surface area contributed by atoms with Crippen molar-refractivity contribution >= 4 is 46.8 Å². The van der Waals surface area contributed by atoms with Gasteiger partial charge in [-0.3, -0.25) is 28.5 Å². The number of fused-ring (bicyclic) bond motifs is 2. The van der Waals surface area contributed by atoms with Gasteiger partial charge >= 0.3 is 5.97 Å². The summed E-state index contributed by atoms with van der Waals surface area (Å²) in [4.78, 5) is 70.4. The van der Waals surface area contributed by atoms with Gasteiger partial charge in [-0.15, -0.1) is 0 Å². The quantitative estimate of drug-likeness (QED) is 0.0764. The number of esters is 1. The molecule has 0 aliphatic carbocycles. The maximum absolute atomic E-state index is 13.2. The Labute approximate surface area is 383 Å². The highest BCUT2D eigenvalue weighted by atomic mass is 16.6. The second-order valence-corrected chi connectivity index (χ2v) is 18.1. The molecule has 3 aromatic heterocycles. The zero-order valence-corrected chi connectivity index (χ0v) is 37.7. The van der Waals surface area contributed by atoms with Gasteiger partial charge < -0.3 is 45.5 Å². The Kier molecular flexibility index (Phi) is 13.8. The molecule has 1 atom stereocenters. The van der Waals surface area contributed by atoms with Crippen molar-refractivity contribution in [2.45, 2.75) is 64.6 Å². The summed E-state index contributed by atoms with van der Waals surface area (Å²) in [6, 6.07) is 16.9. The summed E-state index contributed by atoms with van der Waals surface area (Å²) in [6.07, 6.45) is 7.39. The molecular formula is C48H58N10O8. The van der Waals surface area contributed by atoms with Crippen LogP contribution >= 0.6 is 0 Å². The number of ether oxygens (including phenoxy) is 4. The first kappa shape index (κ1) is 45.9. The van der Waals surface area contributed by atoms with Gasteiger partial charge in [0, 0.05) is 81.0 Å². The van der Waals surface area contributed by atoms with E-state index in [4.69, 9.17) is 35.4 Å². The number of rotatable bonds is 19. The molecule has 3 aliphatic rings. The summed E-state index contributed by atoms with van der Waals surface area (Å²) < 4.78 is 24.9. The molecule has 66 heavy (non-hydrogen) atoms. The van der Waals surface area contributed by atoms with Crippen LogP contribution in [-0.2, 0) is 30.3 Å². The van der Waals surface area contributed by atoms with Crippen LogP contribution in [0.4, 0.5) is 17.6 Å². The fraction of sp³-hybridized carbons (Fsp3) is 0.438. The molecule has 5 aromatic rings. The van der Waals surface area contributed by atoms with Gasteiger partial charge in [-0.2, -0.15) is 0 Å². The van der Waals surface area contributed by atoms with E-state index in [-0.39, 0.29) is 36.6 Å². The molecular weight excluding hydrogens is 845 g/mol. The van der Waals surface area contributed by atoms with Crippen LogP contribution in [-0.4, -0.2) is 130 Å². The first-order valence-corrected chi connectivity index (χ1v) is 22.4. The van der Waals surface area contributed by atoms with Crippen LogP contribution in [0.15, 0.2) is 79.3 Å². The van der Waals surface area contributed by atoms with Crippen LogP contribution in [0.1, 0.15) is 72.7 Å². The van der Waals surface area contributed by atoms with Crippen molar-refractivity contribution in [3.8, 4) is 17.0 Å². The van der Waals surface area contributed by atoms with Crippen molar-refractivity contribution in [3.63, 3.8) is 0 Å². The maximum atomic E-state index is 13.2. The first-order chi connectivity index (χ1) is 31.8. The predicted molar refractivity (Wildman–Crippen MR) is 247 cm³/mol. The average molecular weight is 903 g/mol. The fourth-order valence-corrected chi connectivity index (χ4v) is 8.93. The molecule has 1 spiro atoms. The van der Waals surface area contributed by atoms with Gasteiger partial charge in [0.05, 0.1) is 26.4 Å². The van der Waals surface area contributed by atoms with E-state index in [2.05, 4.69) is 25.1 Å². The van der Waals surface area contributed by atoms with E-state index in [0.29, 0.717) is 61.5 Å². The van der Waals surface area contributed by atoms with E-state index in [1.807, 2.05) is 28.8 Å². The van der Waals surface area contributed by atoms with Crippen LogP contribution in [0.25, 0.3) is 16.8 Å². The first-order valence-electron chi connectivity index (χ1n) is 22.4. The maximum Gasteiger partial charge on any atom is 0.306 e. The average Bonchev–Trinajstić information content (AvgIpc) is 3.83. The number of nitrogens with one attached hydrogen (secondary N) is 1. The van der Waals surface area contributed by atoms with Gasteiger partial charge in [-0.1, -0.05) is 18.2 Å². The normalized spacial score (nSPS) is 16.3. The van der Waals surface area contributed by atoms with Crippen LogP contribution in [0.2, 0.25) is 0 Å². The summed E-state index contributed by atoms with van der Waals surface area (Å²) in [5, 5.41) is 2.82. The molecule has 18 nitrogen and oxygen atoms in total. The monoisotopic (exact) mass is 902 g/mol. The van der Waals surface area contributed by atoms with E-state index in [1.165, 1.54) is 4.90 Å². The lowest BCUT2D eigenvalue weighted by Crippen LogP contribution is -2.61. The molecule has 18 heteroatoms. The third-order valence-electron chi connectivity index (χ3n) is 12.2. The topological polar surface area (TPSA) is 222 Å².